The topological polar surface area (TPSA) is 57.8 Å². The fourth-order valence-electron chi connectivity index (χ4n) is 1.64. The van der Waals surface area contributed by atoms with E-state index >= 15 is 0 Å². The van der Waals surface area contributed by atoms with Crippen LogP contribution in [0, 0.1) is 11.6 Å². The van der Waals surface area contributed by atoms with Gasteiger partial charge in [-0.2, -0.15) is 5.10 Å². The first kappa shape index (κ1) is 15.5. The van der Waals surface area contributed by atoms with E-state index in [4.69, 9.17) is 0 Å². The number of carbonyl (C=O) groups is 1. The SMILES string of the molecule is CCc1cc(NC(=O)CCSc2ccc(F)c(F)c2)n[nH]1. The van der Waals surface area contributed by atoms with Gasteiger partial charge in [-0.3, -0.25) is 9.89 Å². The van der Waals surface area contributed by atoms with E-state index in [1.165, 1.54) is 17.8 Å². The van der Waals surface area contributed by atoms with E-state index < -0.39 is 11.6 Å². The number of nitrogens with zero attached hydrogens (tertiary/aromatic N) is 1. The molecule has 0 aliphatic carbocycles. The van der Waals surface area contributed by atoms with Crippen molar-refractivity contribution in [2.45, 2.75) is 24.7 Å². The number of amides is 1. The van der Waals surface area contributed by atoms with Gasteiger partial charge in [-0.1, -0.05) is 6.92 Å². The monoisotopic (exact) mass is 311 g/mol. The summed E-state index contributed by atoms with van der Waals surface area (Å²) in [4.78, 5) is 12.3. The van der Waals surface area contributed by atoms with Gasteiger partial charge in [0, 0.05) is 28.8 Å². The Kier molecular flexibility index (Phi) is 5.32. The van der Waals surface area contributed by atoms with Crippen LogP contribution in [0.2, 0.25) is 0 Å². The van der Waals surface area contributed by atoms with E-state index in [0.717, 1.165) is 24.2 Å². The molecule has 0 spiro atoms. The molecule has 2 rings (SSSR count). The number of anilines is 1. The number of aromatic amines is 1. The summed E-state index contributed by atoms with van der Waals surface area (Å²) < 4.78 is 25.8. The highest BCUT2D eigenvalue weighted by Crippen LogP contribution is 2.21. The summed E-state index contributed by atoms with van der Waals surface area (Å²) in [6.07, 6.45) is 1.08. The summed E-state index contributed by atoms with van der Waals surface area (Å²) in [6.45, 7) is 1.98. The third-order valence-corrected chi connectivity index (χ3v) is 3.76. The molecule has 0 saturated heterocycles. The number of aromatic nitrogens is 2. The van der Waals surface area contributed by atoms with Crippen molar-refractivity contribution < 1.29 is 13.6 Å². The lowest BCUT2D eigenvalue weighted by atomic mass is 10.3. The van der Waals surface area contributed by atoms with Crippen molar-refractivity contribution in [3.8, 4) is 0 Å². The summed E-state index contributed by atoms with van der Waals surface area (Å²) in [5.74, 6) is -0.952. The van der Waals surface area contributed by atoms with Crippen LogP contribution in [0.4, 0.5) is 14.6 Å². The highest BCUT2D eigenvalue weighted by Gasteiger charge is 2.07. The van der Waals surface area contributed by atoms with Gasteiger partial charge in [-0.15, -0.1) is 11.8 Å². The molecule has 1 heterocycles. The van der Waals surface area contributed by atoms with E-state index in [-0.39, 0.29) is 12.3 Å². The lowest BCUT2D eigenvalue weighted by Gasteiger charge is -2.03. The molecule has 0 bridgehead atoms. The van der Waals surface area contributed by atoms with Crippen LogP contribution in [0.3, 0.4) is 0 Å². The molecule has 1 aromatic heterocycles. The molecule has 0 aliphatic rings. The van der Waals surface area contributed by atoms with Crippen LogP contribution in [-0.2, 0) is 11.2 Å². The van der Waals surface area contributed by atoms with E-state index in [1.54, 1.807) is 6.07 Å². The quantitative estimate of drug-likeness (QED) is 0.804. The Morgan fingerprint density at radius 3 is 2.81 bits per heavy atom. The number of carbonyl (C=O) groups excluding carboxylic acids is 1. The molecule has 112 valence electrons. The van der Waals surface area contributed by atoms with Gasteiger partial charge in [0.25, 0.3) is 0 Å². The van der Waals surface area contributed by atoms with Crippen molar-refractivity contribution in [3.05, 3.63) is 41.6 Å². The molecule has 7 heteroatoms. The number of halogens is 2. The zero-order chi connectivity index (χ0) is 15.2. The summed E-state index contributed by atoms with van der Waals surface area (Å²) in [6, 6.07) is 5.47. The molecule has 0 fully saturated rings. The van der Waals surface area contributed by atoms with E-state index in [1.807, 2.05) is 6.92 Å². The van der Waals surface area contributed by atoms with Gasteiger partial charge in [0.1, 0.15) is 0 Å². The number of rotatable bonds is 6. The average molecular weight is 311 g/mol. The molecular formula is C14H15F2N3OS. The largest absolute Gasteiger partial charge is 0.309 e. The number of hydrogen-bond donors (Lipinski definition) is 2. The highest BCUT2D eigenvalue weighted by molar-refractivity contribution is 7.99. The summed E-state index contributed by atoms with van der Waals surface area (Å²) in [5, 5.41) is 9.44. The van der Waals surface area contributed by atoms with Crippen LogP contribution in [0.5, 0.6) is 0 Å². The maximum atomic E-state index is 13.0. The van der Waals surface area contributed by atoms with Gasteiger partial charge in [0.15, 0.2) is 17.5 Å². The lowest BCUT2D eigenvalue weighted by molar-refractivity contribution is -0.115. The Balaban J connectivity index is 1.77. The third-order valence-electron chi connectivity index (χ3n) is 2.77. The first-order chi connectivity index (χ1) is 10.1. The number of thioether (sulfide) groups is 1. The minimum atomic E-state index is -0.881. The van der Waals surface area contributed by atoms with Gasteiger partial charge in [0.2, 0.25) is 5.91 Å². The summed E-state index contributed by atoms with van der Waals surface area (Å²) in [5.41, 5.74) is 0.946. The van der Waals surface area contributed by atoms with Crippen molar-refractivity contribution >= 4 is 23.5 Å². The minimum absolute atomic E-state index is 0.167. The van der Waals surface area contributed by atoms with Crippen molar-refractivity contribution in [2.24, 2.45) is 0 Å². The van der Waals surface area contributed by atoms with Crippen molar-refractivity contribution in [2.75, 3.05) is 11.1 Å². The maximum Gasteiger partial charge on any atom is 0.226 e. The van der Waals surface area contributed by atoms with Crippen LogP contribution in [-0.4, -0.2) is 21.9 Å². The molecule has 0 atom stereocenters. The summed E-state index contributed by atoms with van der Waals surface area (Å²) >= 11 is 1.30. The Morgan fingerprint density at radius 1 is 1.33 bits per heavy atom. The van der Waals surface area contributed by atoms with Crippen LogP contribution in [0.15, 0.2) is 29.2 Å². The molecular weight excluding hydrogens is 296 g/mol. The van der Waals surface area contributed by atoms with Gasteiger partial charge >= 0.3 is 0 Å². The number of benzene rings is 1. The Morgan fingerprint density at radius 2 is 2.14 bits per heavy atom. The fourth-order valence-corrected chi connectivity index (χ4v) is 2.51. The molecule has 4 nitrogen and oxygen atoms in total. The van der Waals surface area contributed by atoms with Crippen molar-refractivity contribution in [1.29, 1.82) is 0 Å². The number of H-pyrrole nitrogens is 1. The number of aryl methyl sites for hydroxylation is 1. The number of hydrogen-bond acceptors (Lipinski definition) is 3. The van der Waals surface area contributed by atoms with Gasteiger partial charge in [-0.25, -0.2) is 8.78 Å². The molecule has 2 aromatic rings. The van der Waals surface area contributed by atoms with Crippen LogP contribution >= 0.6 is 11.8 Å². The van der Waals surface area contributed by atoms with Crippen molar-refractivity contribution in [1.82, 2.24) is 10.2 Å². The van der Waals surface area contributed by atoms with E-state index in [0.29, 0.717) is 16.5 Å². The van der Waals surface area contributed by atoms with Crippen LogP contribution in [0.1, 0.15) is 19.0 Å². The predicted octanol–water partition coefficient (Wildman–Crippen LogP) is 3.37. The van der Waals surface area contributed by atoms with Crippen LogP contribution in [0.25, 0.3) is 0 Å². The second-order valence-electron chi connectivity index (χ2n) is 4.35. The maximum absolute atomic E-state index is 13.0. The van der Waals surface area contributed by atoms with E-state index in [2.05, 4.69) is 15.5 Å². The first-order valence-electron chi connectivity index (χ1n) is 6.50. The van der Waals surface area contributed by atoms with Gasteiger partial charge in [0.05, 0.1) is 0 Å². The first-order valence-corrected chi connectivity index (χ1v) is 7.49. The smallest absolute Gasteiger partial charge is 0.226 e. The second kappa shape index (κ2) is 7.21. The highest BCUT2D eigenvalue weighted by atomic mass is 32.2. The fraction of sp³-hybridized carbons (Fsp3) is 0.286. The van der Waals surface area contributed by atoms with Gasteiger partial charge in [-0.05, 0) is 24.6 Å². The summed E-state index contributed by atoms with van der Waals surface area (Å²) in [7, 11) is 0. The number of nitrogens with one attached hydrogen (secondary N) is 2. The predicted molar refractivity (Wildman–Crippen MR) is 78.3 cm³/mol. The molecule has 1 aromatic carbocycles. The Hall–Kier alpha value is -1.89. The molecule has 1 amide bonds. The molecule has 21 heavy (non-hydrogen) atoms. The minimum Gasteiger partial charge on any atom is -0.309 e. The zero-order valence-corrected chi connectivity index (χ0v) is 12.3. The van der Waals surface area contributed by atoms with Crippen LogP contribution < -0.4 is 5.32 Å². The zero-order valence-electron chi connectivity index (χ0n) is 11.5. The lowest BCUT2D eigenvalue weighted by Crippen LogP contribution is -2.12. The third kappa shape index (κ3) is 4.56. The average Bonchev–Trinajstić information content (AvgIpc) is 2.90. The molecule has 0 unspecified atom stereocenters. The second-order valence-corrected chi connectivity index (χ2v) is 5.52. The molecule has 2 N–H and O–H groups in total. The normalized spacial score (nSPS) is 10.6. The molecule has 0 radical (unpaired) electrons. The molecule has 0 saturated carbocycles. The molecule has 0 aliphatic heterocycles. The Labute approximate surface area is 125 Å². The standard InChI is InChI=1S/C14H15F2N3OS/c1-2-9-7-13(19-18-9)17-14(20)5-6-21-10-3-4-11(15)12(16)8-10/h3-4,7-8H,2,5-6H2,1H3,(H2,17,18,19,20). The Bertz CT molecular complexity index is 630. The van der Waals surface area contributed by atoms with Crippen molar-refractivity contribution in [3.63, 3.8) is 0 Å². The van der Waals surface area contributed by atoms with E-state index in [9.17, 15) is 13.6 Å². The van der Waals surface area contributed by atoms with Gasteiger partial charge < -0.3 is 5.32 Å².